The summed E-state index contributed by atoms with van der Waals surface area (Å²) in [4.78, 5) is 16.7. The van der Waals surface area contributed by atoms with Crippen LogP contribution in [0.1, 0.15) is 19.3 Å². The number of aromatic nitrogens is 1. The molecule has 1 fully saturated rings. The maximum absolute atomic E-state index is 12.2. The van der Waals surface area contributed by atoms with Gasteiger partial charge in [0.25, 0.3) is 0 Å². The molecule has 3 rings (SSSR count). The summed E-state index contributed by atoms with van der Waals surface area (Å²) in [6.07, 6.45) is 5.23. The summed E-state index contributed by atoms with van der Waals surface area (Å²) in [5, 5.41) is 6.27. The van der Waals surface area contributed by atoms with Gasteiger partial charge in [-0.3, -0.25) is 4.79 Å². The average molecular weight is 307 g/mol. The highest BCUT2D eigenvalue weighted by atomic mass is 32.2. The lowest BCUT2D eigenvalue weighted by Gasteiger charge is -2.22. The zero-order valence-corrected chi connectivity index (χ0v) is 12.9. The van der Waals surface area contributed by atoms with Crippen molar-refractivity contribution in [2.75, 3.05) is 18.1 Å². The third kappa shape index (κ3) is 2.97. The van der Waals surface area contributed by atoms with Gasteiger partial charge in [-0.1, -0.05) is 18.2 Å². The first-order valence-electron chi connectivity index (χ1n) is 6.75. The first-order valence-corrected chi connectivity index (χ1v) is 8.79. The van der Waals surface area contributed by atoms with E-state index in [2.05, 4.69) is 15.6 Å². The molecule has 1 unspecified atom stereocenters. The van der Waals surface area contributed by atoms with E-state index in [0.29, 0.717) is 0 Å². The normalized spacial score (nSPS) is 19.1. The van der Waals surface area contributed by atoms with Crippen LogP contribution in [-0.4, -0.2) is 29.7 Å². The number of fused-ring (bicyclic) bond motifs is 1. The van der Waals surface area contributed by atoms with Crippen LogP contribution >= 0.6 is 23.1 Å². The lowest BCUT2D eigenvalue weighted by Crippen LogP contribution is -2.43. The van der Waals surface area contributed by atoms with E-state index in [4.69, 9.17) is 0 Å². The van der Waals surface area contributed by atoms with Crippen molar-refractivity contribution in [1.82, 2.24) is 10.3 Å². The number of carbonyl (C=O) groups excluding carboxylic acids is 1. The number of nitrogens with zero attached hydrogens (tertiary/aromatic N) is 1. The summed E-state index contributed by atoms with van der Waals surface area (Å²) >= 11 is 3.31. The minimum Gasteiger partial charge on any atom is -0.325 e. The summed E-state index contributed by atoms with van der Waals surface area (Å²) in [6, 6.07) is 5.85. The quantitative estimate of drug-likeness (QED) is 0.856. The summed E-state index contributed by atoms with van der Waals surface area (Å²) in [6.45, 7) is 0.934. The Bertz CT molecular complexity index is 620. The molecule has 106 valence electrons. The van der Waals surface area contributed by atoms with Crippen LogP contribution in [0.15, 0.2) is 22.5 Å². The molecule has 1 aliphatic rings. The number of anilines is 1. The molecule has 20 heavy (non-hydrogen) atoms. The average Bonchev–Trinajstić information content (AvgIpc) is 2.90. The fourth-order valence-corrected chi connectivity index (χ4v) is 3.90. The van der Waals surface area contributed by atoms with Crippen LogP contribution in [0.3, 0.4) is 0 Å². The van der Waals surface area contributed by atoms with Crippen LogP contribution in [0.25, 0.3) is 10.2 Å². The molecule has 1 saturated heterocycles. The van der Waals surface area contributed by atoms with Gasteiger partial charge in [-0.25, -0.2) is 4.98 Å². The SMILES string of the molecule is CSc1nc2ccc(NC(=O)C3CCCCN3)cc2s1. The first-order chi connectivity index (χ1) is 9.76. The number of carbonyl (C=O) groups is 1. The molecule has 0 radical (unpaired) electrons. The highest BCUT2D eigenvalue weighted by molar-refractivity contribution is 8.00. The van der Waals surface area contributed by atoms with Gasteiger partial charge >= 0.3 is 0 Å². The van der Waals surface area contributed by atoms with Crippen LogP contribution in [0.4, 0.5) is 5.69 Å². The third-order valence-electron chi connectivity index (χ3n) is 3.44. The number of hydrogen-bond donors (Lipinski definition) is 2. The van der Waals surface area contributed by atoms with Gasteiger partial charge in [-0.2, -0.15) is 0 Å². The number of thioether (sulfide) groups is 1. The minimum absolute atomic E-state index is 0.0531. The molecule has 0 aliphatic carbocycles. The van der Waals surface area contributed by atoms with Crippen LogP contribution < -0.4 is 10.6 Å². The van der Waals surface area contributed by atoms with Crippen molar-refractivity contribution in [2.24, 2.45) is 0 Å². The highest BCUT2D eigenvalue weighted by Crippen LogP contribution is 2.30. The highest BCUT2D eigenvalue weighted by Gasteiger charge is 2.20. The van der Waals surface area contributed by atoms with E-state index in [1.165, 1.54) is 0 Å². The maximum atomic E-state index is 12.2. The molecule has 0 spiro atoms. The molecule has 4 nitrogen and oxygen atoms in total. The molecule has 0 bridgehead atoms. The predicted molar refractivity (Wildman–Crippen MR) is 85.7 cm³/mol. The van der Waals surface area contributed by atoms with Crippen LogP contribution in [-0.2, 0) is 4.79 Å². The number of thiazole rings is 1. The Morgan fingerprint density at radius 1 is 1.50 bits per heavy atom. The van der Waals surface area contributed by atoms with E-state index in [1.807, 2.05) is 24.5 Å². The van der Waals surface area contributed by atoms with Crippen molar-refractivity contribution in [3.05, 3.63) is 18.2 Å². The fourth-order valence-electron chi connectivity index (χ4n) is 2.37. The number of rotatable bonds is 3. The molecule has 1 amide bonds. The molecule has 2 N–H and O–H groups in total. The Hall–Kier alpha value is -1.11. The lowest BCUT2D eigenvalue weighted by molar-refractivity contribution is -0.118. The van der Waals surface area contributed by atoms with Gasteiger partial charge in [-0.05, 0) is 43.8 Å². The number of hydrogen-bond acceptors (Lipinski definition) is 5. The van der Waals surface area contributed by atoms with Crippen molar-refractivity contribution in [2.45, 2.75) is 29.6 Å². The Morgan fingerprint density at radius 3 is 3.15 bits per heavy atom. The van der Waals surface area contributed by atoms with Crippen LogP contribution in [0.5, 0.6) is 0 Å². The Morgan fingerprint density at radius 2 is 2.40 bits per heavy atom. The van der Waals surface area contributed by atoms with Crippen molar-refractivity contribution in [1.29, 1.82) is 0 Å². The second kappa shape index (κ2) is 6.11. The molecule has 1 aromatic heterocycles. The summed E-state index contributed by atoms with van der Waals surface area (Å²) < 4.78 is 2.17. The van der Waals surface area contributed by atoms with Crippen molar-refractivity contribution < 1.29 is 4.79 Å². The topological polar surface area (TPSA) is 54.0 Å². The smallest absolute Gasteiger partial charge is 0.241 e. The zero-order valence-electron chi connectivity index (χ0n) is 11.3. The number of benzene rings is 1. The Balaban J connectivity index is 1.74. The van der Waals surface area contributed by atoms with Gasteiger partial charge in [0.05, 0.1) is 16.3 Å². The van der Waals surface area contributed by atoms with Crippen LogP contribution in [0, 0.1) is 0 Å². The van der Waals surface area contributed by atoms with Crippen molar-refractivity contribution in [3.63, 3.8) is 0 Å². The molecule has 2 aromatic rings. The number of piperidine rings is 1. The monoisotopic (exact) mass is 307 g/mol. The predicted octanol–water partition coefficient (Wildman–Crippen LogP) is 3.10. The van der Waals surface area contributed by atoms with Gasteiger partial charge in [0.15, 0.2) is 4.34 Å². The Kier molecular flexibility index (Phi) is 4.24. The maximum Gasteiger partial charge on any atom is 0.241 e. The van der Waals surface area contributed by atoms with E-state index < -0.39 is 0 Å². The second-order valence-electron chi connectivity index (χ2n) is 4.86. The van der Waals surface area contributed by atoms with Gasteiger partial charge < -0.3 is 10.6 Å². The fraction of sp³-hybridized carbons (Fsp3) is 0.429. The second-order valence-corrected chi connectivity index (χ2v) is 6.94. The summed E-state index contributed by atoms with van der Waals surface area (Å²) in [5.41, 5.74) is 1.85. The lowest BCUT2D eigenvalue weighted by atomic mass is 10.0. The van der Waals surface area contributed by atoms with Gasteiger partial charge in [0.2, 0.25) is 5.91 Å². The van der Waals surface area contributed by atoms with Gasteiger partial charge in [0.1, 0.15) is 0 Å². The summed E-state index contributed by atoms with van der Waals surface area (Å²) in [7, 11) is 0. The van der Waals surface area contributed by atoms with Crippen molar-refractivity contribution >= 4 is 44.9 Å². The van der Waals surface area contributed by atoms with E-state index in [1.54, 1.807) is 23.1 Å². The number of amides is 1. The Labute approximate surface area is 126 Å². The molecular weight excluding hydrogens is 290 g/mol. The van der Waals surface area contributed by atoms with Gasteiger partial charge in [0, 0.05) is 5.69 Å². The van der Waals surface area contributed by atoms with Gasteiger partial charge in [-0.15, -0.1) is 11.3 Å². The molecular formula is C14H17N3OS2. The third-order valence-corrected chi connectivity index (χ3v) is 5.44. The molecule has 2 heterocycles. The first kappa shape index (κ1) is 13.9. The molecule has 0 saturated carbocycles. The molecule has 1 atom stereocenters. The zero-order chi connectivity index (χ0) is 13.9. The van der Waals surface area contributed by atoms with Crippen molar-refractivity contribution in [3.8, 4) is 0 Å². The van der Waals surface area contributed by atoms with E-state index in [-0.39, 0.29) is 11.9 Å². The van der Waals surface area contributed by atoms with Crippen LogP contribution in [0.2, 0.25) is 0 Å². The van der Waals surface area contributed by atoms with E-state index in [9.17, 15) is 4.79 Å². The molecule has 1 aromatic carbocycles. The largest absolute Gasteiger partial charge is 0.325 e. The molecule has 1 aliphatic heterocycles. The molecule has 6 heteroatoms. The number of nitrogens with one attached hydrogen (secondary N) is 2. The van der Waals surface area contributed by atoms with E-state index >= 15 is 0 Å². The standard InChI is InChI=1S/C14H17N3OS2/c1-19-14-17-10-6-5-9(8-12(10)20-14)16-13(18)11-4-2-3-7-15-11/h5-6,8,11,15H,2-4,7H2,1H3,(H,16,18). The summed E-state index contributed by atoms with van der Waals surface area (Å²) in [5.74, 6) is 0.0682. The minimum atomic E-state index is -0.0531. The van der Waals surface area contributed by atoms with E-state index in [0.717, 1.165) is 46.1 Å².